The third-order valence-corrected chi connectivity index (χ3v) is 10.4. The van der Waals surface area contributed by atoms with Crippen molar-refractivity contribution in [2.75, 3.05) is 60.8 Å². The number of sulfonamides is 1. The van der Waals surface area contributed by atoms with Gasteiger partial charge in [0.05, 0.1) is 39.4 Å². The van der Waals surface area contributed by atoms with Gasteiger partial charge in [-0.25, -0.2) is 8.42 Å². The molecule has 0 aliphatic carbocycles. The molecule has 1 aliphatic heterocycles. The number of benzene rings is 4. The Morgan fingerprint density at radius 3 is 2.10 bits per heavy atom. The molecule has 0 saturated carbocycles. The lowest BCUT2D eigenvalue weighted by molar-refractivity contribution is -0.143. The second-order valence-corrected chi connectivity index (χ2v) is 13.6. The minimum atomic E-state index is -3.69. The highest BCUT2D eigenvalue weighted by molar-refractivity contribution is 7.89. The fourth-order valence-corrected chi connectivity index (χ4v) is 7.10. The van der Waals surface area contributed by atoms with E-state index >= 15 is 0 Å². The molecule has 0 spiro atoms. The maximum absolute atomic E-state index is 14.1. The topological polar surface area (TPSA) is 133 Å². The Balaban J connectivity index is 1.35. The summed E-state index contributed by atoms with van der Waals surface area (Å²) in [5, 5.41) is 3.02. The van der Waals surface area contributed by atoms with Crippen molar-refractivity contribution in [1.82, 2.24) is 14.5 Å². The second-order valence-electron chi connectivity index (χ2n) is 11.7. The summed E-state index contributed by atoms with van der Waals surface area (Å²) in [6.45, 7) is 1.26. The van der Waals surface area contributed by atoms with E-state index in [-0.39, 0.29) is 30.4 Å². The summed E-state index contributed by atoms with van der Waals surface area (Å²) in [6.07, 6.45) is 0.514. The molecule has 2 amide bonds. The van der Waals surface area contributed by atoms with E-state index in [2.05, 4.69) is 5.32 Å². The number of carbonyl (C=O) groups is 2. The van der Waals surface area contributed by atoms with Crippen molar-refractivity contribution >= 4 is 21.8 Å². The van der Waals surface area contributed by atoms with Gasteiger partial charge in [0.25, 0.3) is 5.91 Å². The van der Waals surface area contributed by atoms with Crippen LogP contribution in [0.15, 0.2) is 102 Å². The molecule has 13 heteroatoms. The van der Waals surface area contributed by atoms with Gasteiger partial charge in [-0.1, -0.05) is 48.5 Å². The number of nitrogens with zero attached hydrogens (tertiary/aromatic N) is 2. The zero-order valence-electron chi connectivity index (χ0n) is 28.9. The van der Waals surface area contributed by atoms with E-state index in [1.807, 2.05) is 48.5 Å². The van der Waals surface area contributed by atoms with Gasteiger partial charge in [0.1, 0.15) is 17.5 Å². The van der Waals surface area contributed by atoms with Crippen molar-refractivity contribution in [3.05, 3.63) is 114 Å². The zero-order valence-corrected chi connectivity index (χ0v) is 29.8. The highest BCUT2D eigenvalue weighted by atomic mass is 32.2. The molecule has 1 N–H and O–H groups in total. The largest absolute Gasteiger partial charge is 0.497 e. The van der Waals surface area contributed by atoms with Gasteiger partial charge in [0.2, 0.25) is 15.9 Å². The van der Waals surface area contributed by atoms with Crippen LogP contribution in [0.2, 0.25) is 0 Å². The molecule has 5 rings (SSSR count). The summed E-state index contributed by atoms with van der Waals surface area (Å²) in [5.74, 6) is 1.36. The molecule has 1 saturated heterocycles. The number of ether oxygens (including phenoxy) is 5. The van der Waals surface area contributed by atoms with Gasteiger partial charge < -0.3 is 33.9 Å². The summed E-state index contributed by atoms with van der Waals surface area (Å²) < 4.78 is 54.8. The quantitative estimate of drug-likeness (QED) is 0.181. The molecule has 12 nitrogen and oxygen atoms in total. The van der Waals surface area contributed by atoms with Crippen LogP contribution in [0, 0.1) is 0 Å². The number of amides is 2. The first-order valence-electron chi connectivity index (χ1n) is 16.5. The molecule has 1 atom stereocenters. The summed E-state index contributed by atoms with van der Waals surface area (Å²) >= 11 is 0. The Hall–Kier alpha value is -5.11. The van der Waals surface area contributed by atoms with Gasteiger partial charge in [0.15, 0.2) is 18.1 Å². The number of hydrogen-bond donors (Lipinski definition) is 1. The molecule has 4 aromatic carbocycles. The second kappa shape index (κ2) is 17.7. The van der Waals surface area contributed by atoms with Crippen molar-refractivity contribution in [3.8, 4) is 23.0 Å². The monoisotopic (exact) mass is 717 g/mol. The smallest absolute Gasteiger partial charge is 0.261 e. The van der Waals surface area contributed by atoms with Gasteiger partial charge in [-0.3, -0.25) is 9.59 Å². The van der Waals surface area contributed by atoms with Crippen molar-refractivity contribution < 1.29 is 41.7 Å². The van der Waals surface area contributed by atoms with E-state index in [1.165, 1.54) is 33.5 Å². The van der Waals surface area contributed by atoms with E-state index < -0.39 is 28.6 Å². The lowest BCUT2D eigenvalue weighted by Crippen LogP contribution is -2.45. The molecule has 1 fully saturated rings. The normalized spacial score (nSPS) is 13.9. The Morgan fingerprint density at radius 1 is 0.804 bits per heavy atom. The first kappa shape index (κ1) is 37.2. The summed E-state index contributed by atoms with van der Waals surface area (Å²) in [4.78, 5) is 29.7. The molecular formula is C38H43N3O9S. The molecule has 51 heavy (non-hydrogen) atoms. The highest BCUT2D eigenvalue weighted by Gasteiger charge is 2.32. The van der Waals surface area contributed by atoms with Crippen LogP contribution in [0.1, 0.15) is 22.7 Å². The molecule has 0 radical (unpaired) electrons. The van der Waals surface area contributed by atoms with Crippen LogP contribution in [0.25, 0.3) is 0 Å². The summed E-state index contributed by atoms with van der Waals surface area (Å²) in [7, 11) is 1.02. The third kappa shape index (κ3) is 9.57. The number of rotatable bonds is 16. The first-order chi connectivity index (χ1) is 24.7. The van der Waals surface area contributed by atoms with E-state index in [9.17, 15) is 18.0 Å². The van der Waals surface area contributed by atoms with Crippen LogP contribution in [0.5, 0.6) is 23.0 Å². The Kier molecular flexibility index (Phi) is 12.9. The number of nitrogens with one attached hydrogen (secondary N) is 1. The molecule has 4 aromatic rings. The Bertz CT molecular complexity index is 1850. The fourth-order valence-electron chi connectivity index (χ4n) is 5.69. The number of hydrogen-bond acceptors (Lipinski definition) is 9. The number of morpholine rings is 1. The van der Waals surface area contributed by atoms with Gasteiger partial charge in [0, 0.05) is 26.2 Å². The SMILES string of the molecule is COc1ccc(CN(C(=O)COc2ccc(S(=O)(=O)N3CCOCC3)cc2)[C@H](C(=O)NCCc2ccc(OC)c(OC)c2)c2ccccc2)cc1. The van der Waals surface area contributed by atoms with Gasteiger partial charge >= 0.3 is 0 Å². The van der Waals surface area contributed by atoms with E-state index in [1.54, 1.807) is 45.6 Å². The average molecular weight is 718 g/mol. The van der Waals surface area contributed by atoms with E-state index in [0.29, 0.717) is 54.7 Å². The number of carbonyl (C=O) groups excluding carboxylic acids is 2. The first-order valence-corrected chi connectivity index (χ1v) is 17.9. The van der Waals surface area contributed by atoms with E-state index in [4.69, 9.17) is 23.7 Å². The molecular weight excluding hydrogens is 674 g/mol. The Labute approximate surface area is 298 Å². The minimum Gasteiger partial charge on any atom is -0.497 e. The van der Waals surface area contributed by atoms with Crippen LogP contribution < -0.4 is 24.3 Å². The van der Waals surface area contributed by atoms with Crippen molar-refractivity contribution in [3.63, 3.8) is 0 Å². The van der Waals surface area contributed by atoms with Crippen LogP contribution >= 0.6 is 0 Å². The van der Waals surface area contributed by atoms with Gasteiger partial charge in [-0.2, -0.15) is 4.31 Å². The zero-order chi connectivity index (χ0) is 36.2. The maximum Gasteiger partial charge on any atom is 0.261 e. The molecule has 0 unspecified atom stereocenters. The van der Waals surface area contributed by atoms with Crippen LogP contribution in [0.3, 0.4) is 0 Å². The minimum absolute atomic E-state index is 0.103. The lowest BCUT2D eigenvalue weighted by Gasteiger charge is -2.31. The number of methoxy groups -OCH3 is 3. The summed E-state index contributed by atoms with van der Waals surface area (Å²) in [6, 6.07) is 26.9. The van der Waals surface area contributed by atoms with Crippen molar-refractivity contribution in [2.45, 2.75) is 23.9 Å². The standard InChI is InChI=1S/C38H43N3O9S/c1-46-31-12-9-29(10-13-31)26-41(36(42)27-50-32-14-16-33(17-15-32)51(44,45)40-21-23-49-24-22-40)37(30-7-5-4-6-8-30)38(43)39-20-19-28-11-18-34(47-2)35(25-28)48-3/h4-18,25,37H,19-24,26-27H2,1-3H3,(H,39,43)/t37-/m0/s1. The third-order valence-electron chi connectivity index (χ3n) is 8.46. The molecule has 1 aliphatic rings. The maximum atomic E-state index is 14.1. The fraction of sp³-hybridized carbons (Fsp3) is 0.316. The van der Waals surface area contributed by atoms with E-state index in [0.717, 1.165) is 11.1 Å². The highest BCUT2D eigenvalue weighted by Crippen LogP contribution is 2.29. The Morgan fingerprint density at radius 2 is 1.45 bits per heavy atom. The predicted octanol–water partition coefficient (Wildman–Crippen LogP) is 4.24. The van der Waals surface area contributed by atoms with Crippen LogP contribution in [-0.4, -0.2) is 90.2 Å². The van der Waals surface area contributed by atoms with Crippen LogP contribution in [-0.2, 0) is 37.3 Å². The molecule has 0 aromatic heterocycles. The van der Waals surface area contributed by atoms with Crippen molar-refractivity contribution in [2.24, 2.45) is 0 Å². The summed E-state index contributed by atoms with van der Waals surface area (Å²) in [5.41, 5.74) is 2.34. The molecule has 0 bridgehead atoms. The van der Waals surface area contributed by atoms with Gasteiger partial charge in [-0.05, 0) is 71.6 Å². The molecule has 270 valence electrons. The lowest BCUT2D eigenvalue weighted by atomic mass is 10.0. The predicted molar refractivity (Wildman–Crippen MR) is 191 cm³/mol. The van der Waals surface area contributed by atoms with Crippen LogP contribution in [0.4, 0.5) is 0 Å². The molecule has 1 heterocycles. The average Bonchev–Trinajstić information content (AvgIpc) is 3.17. The van der Waals surface area contributed by atoms with Gasteiger partial charge in [-0.15, -0.1) is 0 Å². The van der Waals surface area contributed by atoms with Crippen molar-refractivity contribution in [1.29, 1.82) is 0 Å².